The second kappa shape index (κ2) is 10.5. The lowest BCUT2D eigenvalue weighted by Crippen LogP contribution is -2.38. The van der Waals surface area contributed by atoms with Crippen LogP contribution in [0.15, 0.2) is 88.0 Å². The second-order valence-corrected chi connectivity index (χ2v) is 8.61. The number of esters is 1. The Morgan fingerprint density at radius 1 is 1.09 bits per heavy atom. The summed E-state index contributed by atoms with van der Waals surface area (Å²) in [5.41, 5.74) is 4.20. The van der Waals surface area contributed by atoms with Gasteiger partial charge in [0.2, 0.25) is 5.91 Å². The van der Waals surface area contributed by atoms with Gasteiger partial charge >= 0.3 is 5.97 Å². The number of allylic oxidation sites excluding steroid dienone is 1. The molecule has 0 saturated carbocycles. The van der Waals surface area contributed by atoms with E-state index in [-0.39, 0.29) is 18.4 Å². The molecule has 1 amide bonds. The highest BCUT2D eigenvalue weighted by Crippen LogP contribution is 2.45. The van der Waals surface area contributed by atoms with Crippen molar-refractivity contribution >= 4 is 28.8 Å². The Hall–Kier alpha value is -3.32. The first-order valence-electron chi connectivity index (χ1n) is 11.0. The first-order valence-corrected chi connectivity index (χ1v) is 11.9. The van der Waals surface area contributed by atoms with Crippen molar-refractivity contribution in [2.75, 3.05) is 13.7 Å². The molecule has 6 nitrogen and oxygen atoms in total. The Bertz CT molecular complexity index is 1110. The average Bonchev–Trinajstić information content (AvgIpc) is 3.25. The monoisotopic (exact) mass is 461 g/mol. The molecule has 2 aromatic rings. The van der Waals surface area contributed by atoms with Crippen molar-refractivity contribution in [1.82, 2.24) is 10.2 Å². The molecule has 2 aliphatic heterocycles. The Kier molecular flexibility index (Phi) is 7.29. The summed E-state index contributed by atoms with van der Waals surface area (Å²) in [6.45, 7) is 2.55. The molecule has 2 aromatic carbocycles. The molecule has 0 bridgehead atoms. The summed E-state index contributed by atoms with van der Waals surface area (Å²) in [6, 6.07) is 19.5. The fraction of sp³-hybridized carbons (Fsp3) is 0.269. The zero-order valence-electron chi connectivity index (χ0n) is 18.8. The van der Waals surface area contributed by atoms with Crippen molar-refractivity contribution in [3.63, 3.8) is 0 Å². The number of carbonyl (C=O) groups excluding carboxylic acids is 2. The van der Waals surface area contributed by atoms with E-state index >= 15 is 0 Å². The van der Waals surface area contributed by atoms with Gasteiger partial charge in [-0.15, -0.1) is 0 Å². The molecule has 0 spiro atoms. The lowest BCUT2D eigenvalue weighted by Gasteiger charge is -2.36. The van der Waals surface area contributed by atoms with Gasteiger partial charge in [-0.05, 0) is 29.4 Å². The van der Waals surface area contributed by atoms with Crippen molar-refractivity contribution in [1.29, 1.82) is 0 Å². The zero-order chi connectivity index (χ0) is 23.2. The van der Waals surface area contributed by atoms with E-state index in [4.69, 9.17) is 9.73 Å². The first-order chi connectivity index (χ1) is 16.1. The molecule has 0 saturated heterocycles. The number of rotatable bonds is 8. The van der Waals surface area contributed by atoms with Gasteiger partial charge in [-0.2, -0.15) is 0 Å². The van der Waals surface area contributed by atoms with Crippen LogP contribution in [0.3, 0.4) is 0 Å². The number of methoxy groups -OCH3 is 1. The van der Waals surface area contributed by atoms with Crippen molar-refractivity contribution < 1.29 is 14.3 Å². The lowest BCUT2D eigenvalue weighted by atomic mass is 9.93. The maximum atomic E-state index is 12.8. The number of aliphatic imine (C=N–C) groups is 1. The molecule has 170 valence electrons. The van der Waals surface area contributed by atoms with E-state index in [1.54, 1.807) is 0 Å². The molecule has 0 fully saturated rings. The lowest BCUT2D eigenvalue weighted by molar-refractivity contribution is -0.136. The number of amides is 1. The quantitative estimate of drug-likeness (QED) is 0.583. The minimum atomic E-state index is -0.396. The van der Waals surface area contributed by atoms with Crippen LogP contribution in [0.1, 0.15) is 36.9 Å². The van der Waals surface area contributed by atoms with Crippen molar-refractivity contribution in [3.8, 4) is 0 Å². The number of benzene rings is 2. The predicted molar refractivity (Wildman–Crippen MR) is 131 cm³/mol. The molecule has 7 heteroatoms. The summed E-state index contributed by atoms with van der Waals surface area (Å²) < 4.78 is 5.14. The number of ether oxygens (including phenoxy) is 1. The van der Waals surface area contributed by atoms with Crippen LogP contribution in [0.2, 0.25) is 0 Å². The fourth-order valence-corrected chi connectivity index (χ4v) is 5.02. The second-order valence-electron chi connectivity index (χ2n) is 7.77. The third-order valence-electron chi connectivity index (χ3n) is 5.66. The van der Waals surface area contributed by atoms with E-state index in [2.05, 4.69) is 17.4 Å². The van der Waals surface area contributed by atoms with E-state index in [0.717, 1.165) is 28.5 Å². The van der Waals surface area contributed by atoms with E-state index in [1.165, 1.54) is 24.4 Å². The van der Waals surface area contributed by atoms with E-state index in [0.29, 0.717) is 18.5 Å². The van der Waals surface area contributed by atoms with Gasteiger partial charge in [0.25, 0.3) is 0 Å². The Morgan fingerprint density at radius 2 is 1.79 bits per heavy atom. The average molecular weight is 462 g/mol. The van der Waals surface area contributed by atoms with Crippen molar-refractivity contribution in [3.05, 3.63) is 94.2 Å². The summed E-state index contributed by atoms with van der Waals surface area (Å²) in [4.78, 5) is 32.4. The van der Waals surface area contributed by atoms with Crippen LogP contribution in [0.25, 0.3) is 0 Å². The molecule has 1 N–H and O–H groups in total. The summed E-state index contributed by atoms with van der Waals surface area (Å²) in [7, 11) is 1.39. The third-order valence-corrected chi connectivity index (χ3v) is 6.55. The number of fused-ring (bicyclic) bond motifs is 1. The molecule has 4 rings (SSSR count). The molecule has 0 unspecified atom stereocenters. The molecular weight excluding hydrogens is 434 g/mol. The third kappa shape index (κ3) is 5.03. The Morgan fingerprint density at radius 3 is 2.45 bits per heavy atom. The molecule has 33 heavy (non-hydrogen) atoms. The summed E-state index contributed by atoms with van der Waals surface area (Å²) in [5, 5.41) is 5.75. The standard InChI is InChI=1S/C26H27N3O3S/c1-3-21-23(25(31)32-2)24(19-12-8-5-9-13-19)29-20(17-33-26(29)28-21)16-22(30)27-15-14-18-10-6-4-7-11-18/h4-13,17,24H,3,14-16H2,1-2H3,(H,27,30)/t24-/m0/s1. The van der Waals surface area contributed by atoms with Gasteiger partial charge in [0.15, 0.2) is 5.17 Å². The van der Waals surface area contributed by atoms with Gasteiger partial charge in [0.1, 0.15) is 0 Å². The number of hydrogen-bond acceptors (Lipinski definition) is 6. The Labute approximate surface area is 198 Å². The van der Waals surface area contributed by atoms with Crippen LogP contribution in [0.4, 0.5) is 0 Å². The number of amidine groups is 1. The van der Waals surface area contributed by atoms with Crippen LogP contribution >= 0.6 is 11.8 Å². The molecule has 2 heterocycles. The summed E-state index contributed by atoms with van der Waals surface area (Å²) in [6.07, 6.45) is 1.60. The predicted octanol–water partition coefficient (Wildman–Crippen LogP) is 4.57. The molecular formula is C26H27N3O3S. The maximum Gasteiger partial charge on any atom is 0.338 e. The van der Waals surface area contributed by atoms with Gasteiger partial charge in [-0.25, -0.2) is 9.79 Å². The van der Waals surface area contributed by atoms with Crippen molar-refractivity contribution in [2.24, 2.45) is 4.99 Å². The summed E-state index contributed by atoms with van der Waals surface area (Å²) >= 11 is 1.48. The van der Waals surface area contributed by atoms with E-state index < -0.39 is 5.97 Å². The molecule has 0 aromatic heterocycles. The molecule has 0 aliphatic carbocycles. The number of hydrogen-bond donors (Lipinski definition) is 1. The molecule has 0 radical (unpaired) electrons. The highest BCUT2D eigenvalue weighted by molar-refractivity contribution is 8.16. The van der Waals surface area contributed by atoms with Crippen LogP contribution in [0.5, 0.6) is 0 Å². The van der Waals surface area contributed by atoms with Crippen molar-refractivity contribution in [2.45, 2.75) is 32.2 Å². The van der Waals surface area contributed by atoms with Gasteiger partial charge in [-0.3, -0.25) is 4.79 Å². The van der Waals surface area contributed by atoms with Gasteiger partial charge in [0.05, 0.1) is 30.8 Å². The van der Waals surface area contributed by atoms with Gasteiger partial charge < -0.3 is 15.0 Å². The van der Waals surface area contributed by atoms with Crippen LogP contribution in [-0.2, 0) is 20.7 Å². The Balaban J connectivity index is 1.55. The normalized spacial score (nSPS) is 17.3. The molecule has 1 atom stereocenters. The number of nitrogens with one attached hydrogen (secondary N) is 1. The highest BCUT2D eigenvalue weighted by atomic mass is 32.2. The van der Waals surface area contributed by atoms with Crippen LogP contribution in [0, 0.1) is 0 Å². The fourth-order valence-electron chi connectivity index (χ4n) is 4.08. The van der Waals surface area contributed by atoms with Crippen LogP contribution in [-0.4, -0.2) is 35.6 Å². The first kappa shape index (κ1) is 22.9. The summed E-state index contributed by atoms with van der Waals surface area (Å²) in [5.74, 6) is -0.456. The van der Waals surface area contributed by atoms with Gasteiger partial charge in [0, 0.05) is 12.2 Å². The highest BCUT2D eigenvalue weighted by Gasteiger charge is 2.41. The number of carbonyl (C=O) groups is 2. The minimum Gasteiger partial charge on any atom is -0.466 e. The minimum absolute atomic E-state index is 0.0595. The largest absolute Gasteiger partial charge is 0.466 e. The maximum absolute atomic E-state index is 12.8. The zero-order valence-corrected chi connectivity index (χ0v) is 19.6. The number of thioether (sulfide) groups is 1. The van der Waals surface area contributed by atoms with E-state index in [1.807, 2.05) is 65.8 Å². The van der Waals surface area contributed by atoms with Crippen LogP contribution < -0.4 is 5.32 Å². The molecule has 2 aliphatic rings. The van der Waals surface area contributed by atoms with E-state index in [9.17, 15) is 9.59 Å². The smallest absolute Gasteiger partial charge is 0.338 e. The topological polar surface area (TPSA) is 71.0 Å². The SMILES string of the molecule is CCC1=C(C(=O)OC)[C@H](c2ccccc2)N2C(CC(=O)NCCc3ccccc3)=CSC2=N1. The number of nitrogens with zero attached hydrogens (tertiary/aromatic N) is 2. The van der Waals surface area contributed by atoms with Gasteiger partial charge in [-0.1, -0.05) is 79.3 Å².